The van der Waals surface area contributed by atoms with E-state index in [4.69, 9.17) is 4.74 Å². The van der Waals surface area contributed by atoms with Crippen molar-refractivity contribution in [3.8, 4) is 5.75 Å². The van der Waals surface area contributed by atoms with E-state index in [0.717, 1.165) is 12.1 Å². The monoisotopic (exact) mass is 489 g/mol. The summed E-state index contributed by atoms with van der Waals surface area (Å²) in [6, 6.07) is 15.2. The Kier molecular flexibility index (Phi) is 6.82. The second kappa shape index (κ2) is 10.1. The van der Waals surface area contributed by atoms with Crippen LogP contribution in [-0.4, -0.2) is 29.2 Å². The van der Waals surface area contributed by atoms with Gasteiger partial charge in [0.1, 0.15) is 17.4 Å². The summed E-state index contributed by atoms with van der Waals surface area (Å²) in [7, 11) is 0. The van der Waals surface area contributed by atoms with Gasteiger partial charge in [-0.15, -0.1) is 0 Å². The van der Waals surface area contributed by atoms with Gasteiger partial charge in [-0.25, -0.2) is 13.6 Å². The van der Waals surface area contributed by atoms with Crippen molar-refractivity contribution in [3.05, 3.63) is 107 Å². The topological polar surface area (TPSA) is 110 Å². The van der Waals surface area contributed by atoms with Crippen LogP contribution in [0.2, 0.25) is 0 Å². The lowest BCUT2D eigenvalue weighted by Gasteiger charge is -2.16. The van der Waals surface area contributed by atoms with E-state index in [2.05, 4.69) is 5.32 Å². The van der Waals surface area contributed by atoms with Crippen molar-refractivity contribution in [1.82, 2.24) is 0 Å². The fourth-order valence-electron chi connectivity index (χ4n) is 3.83. The van der Waals surface area contributed by atoms with Gasteiger partial charge in [0.25, 0.3) is 12.4 Å². The summed E-state index contributed by atoms with van der Waals surface area (Å²) in [6.07, 6.45) is -0.172. The fourth-order valence-corrected chi connectivity index (χ4v) is 3.83. The second-order valence-corrected chi connectivity index (χ2v) is 7.73. The van der Waals surface area contributed by atoms with E-state index in [-0.39, 0.29) is 51.8 Å². The molecular formula is C27H17F2NO6. The number of rotatable bonds is 8. The maximum atomic E-state index is 13.3. The average molecular weight is 489 g/mol. The third-order valence-corrected chi connectivity index (χ3v) is 5.45. The van der Waals surface area contributed by atoms with Gasteiger partial charge in [0.2, 0.25) is 0 Å². The molecule has 0 aliphatic rings. The molecule has 0 heterocycles. The molecule has 9 heteroatoms. The minimum atomic E-state index is -1.37. The number of ether oxygens (including phenoxy) is 1. The van der Waals surface area contributed by atoms with Gasteiger partial charge in [0.05, 0.1) is 11.1 Å². The highest BCUT2D eigenvalue weighted by molar-refractivity contribution is 6.23. The molecule has 4 aromatic rings. The predicted molar refractivity (Wildman–Crippen MR) is 126 cm³/mol. The molecule has 180 valence electrons. The number of ketones is 1. The van der Waals surface area contributed by atoms with Crippen LogP contribution in [0.3, 0.4) is 0 Å². The Morgan fingerprint density at radius 3 is 1.97 bits per heavy atom. The van der Waals surface area contributed by atoms with Gasteiger partial charge < -0.3 is 15.2 Å². The minimum absolute atomic E-state index is 0.0265. The number of carbonyl (C=O) groups is 4. The van der Waals surface area contributed by atoms with Crippen LogP contribution >= 0.6 is 0 Å². The second-order valence-electron chi connectivity index (χ2n) is 7.73. The van der Waals surface area contributed by atoms with Crippen molar-refractivity contribution >= 4 is 40.6 Å². The Hall–Kier alpha value is -4.92. The Labute approximate surface area is 202 Å². The third kappa shape index (κ3) is 4.95. The molecular weight excluding hydrogens is 472 g/mol. The van der Waals surface area contributed by atoms with Gasteiger partial charge >= 0.3 is 5.97 Å². The molecule has 4 rings (SSSR count). The molecule has 2 N–H and O–H groups in total. The largest absolute Gasteiger partial charge is 0.478 e. The summed E-state index contributed by atoms with van der Waals surface area (Å²) in [4.78, 5) is 49.6. The summed E-state index contributed by atoms with van der Waals surface area (Å²) in [5, 5.41) is 12.2. The van der Waals surface area contributed by atoms with Crippen LogP contribution in [0.1, 0.15) is 36.6 Å². The molecule has 7 nitrogen and oxygen atoms in total. The number of fused-ring (bicyclic) bond motifs is 1. The van der Waals surface area contributed by atoms with E-state index in [1.54, 1.807) is 0 Å². The number of anilines is 1. The number of carboxylic acids is 1. The Morgan fingerprint density at radius 1 is 0.778 bits per heavy atom. The number of hydrogen-bond donors (Lipinski definition) is 2. The van der Waals surface area contributed by atoms with Gasteiger partial charge in [-0.1, -0.05) is 12.1 Å². The van der Waals surface area contributed by atoms with E-state index >= 15 is 0 Å². The van der Waals surface area contributed by atoms with Gasteiger partial charge in [0.15, 0.2) is 5.78 Å². The molecule has 0 aliphatic heterocycles. The third-order valence-electron chi connectivity index (χ3n) is 5.45. The molecule has 0 aliphatic carbocycles. The van der Waals surface area contributed by atoms with E-state index in [1.807, 2.05) is 0 Å². The molecule has 36 heavy (non-hydrogen) atoms. The number of halogens is 2. The smallest absolute Gasteiger partial charge is 0.336 e. The molecule has 0 unspecified atom stereocenters. The molecule has 0 aromatic heterocycles. The quantitative estimate of drug-likeness (QED) is 0.265. The first-order chi connectivity index (χ1) is 17.3. The molecule has 0 radical (unpaired) electrons. The number of carboxylic acid groups (broad SMARTS) is 1. The first-order valence-corrected chi connectivity index (χ1v) is 10.6. The summed E-state index contributed by atoms with van der Waals surface area (Å²) < 4.78 is 31.5. The zero-order valence-electron chi connectivity index (χ0n) is 18.5. The number of aromatic carboxylic acids is 1. The van der Waals surface area contributed by atoms with Gasteiger partial charge in [-0.3, -0.25) is 14.4 Å². The number of carbonyl (C=O) groups excluding carboxylic acids is 3. The summed E-state index contributed by atoms with van der Waals surface area (Å²) >= 11 is 0. The van der Waals surface area contributed by atoms with Gasteiger partial charge in [-0.2, -0.15) is 0 Å². The van der Waals surface area contributed by atoms with Gasteiger partial charge in [0, 0.05) is 28.4 Å². The van der Waals surface area contributed by atoms with Gasteiger partial charge in [-0.05, 0) is 66.2 Å². The van der Waals surface area contributed by atoms with Crippen LogP contribution in [-0.2, 0) is 11.2 Å². The van der Waals surface area contributed by atoms with E-state index in [0.29, 0.717) is 5.56 Å². The highest BCUT2D eigenvalue weighted by atomic mass is 19.1. The normalized spacial score (nSPS) is 10.6. The van der Waals surface area contributed by atoms with E-state index in [9.17, 15) is 33.1 Å². The number of amides is 1. The lowest BCUT2D eigenvalue weighted by Crippen LogP contribution is -2.15. The lowest BCUT2D eigenvalue weighted by molar-refractivity contribution is -0.120. The van der Waals surface area contributed by atoms with Crippen LogP contribution < -0.4 is 10.1 Å². The van der Waals surface area contributed by atoms with Crippen molar-refractivity contribution in [2.75, 3.05) is 5.32 Å². The molecule has 0 spiro atoms. The van der Waals surface area contributed by atoms with Crippen LogP contribution in [0, 0.1) is 11.6 Å². The molecule has 0 bridgehead atoms. The maximum Gasteiger partial charge on any atom is 0.336 e. The maximum absolute atomic E-state index is 13.3. The molecule has 0 fully saturated rings. The first-order valence-electron chi connectivity index (χ1n) is 10.6. The number of nitrogens with one attached hydrogen (secondary N) is 1. The molecule has 1 amide bonds. The zero-order chi connectivity index (χ0) is 25.8. The summed E-state index contributed by atoms with van der Waals surface area (Å²) in [5.74, 6) is -3.69. The molecule has 0 saturated heterocycles. The number of Topliss-reactive ketones (excluding diaryl/α,β-unsaturated/α-hetero) is 1. The lowest BCUT2D eigenvalue weighted by atomic mass is 9.90. The number of benzene rings is 4. The Balaban J connectivity index is 1.88. The van der Waals surface area contributed by atoms with Crippen LogP contribution in [0.15, 0.2) is 72.8 Å². The highest BCUT2D eigenvalue weighted by Crippen LogP contribution is 2.35. The number of hydrogen-bond acceptors (Lipinski definition) is 5. The SMILES string of the molecule is O=COc1ccc(C(=O)Cc2ccc(F)cc2)c2c(C(=O)O)ccc(C(=O)Nc3ccc(F)cc3)c12. The van der Waals surface area contributed by atoms with Crippen LogP contribution in [0.25, 0.3) is 10.8 Å². The Morgan fingerprint density at radius 2 is 1.36 bits per heavy atom. The minimum Gasteiger partial charge on any atom is -0.478 e. The highest BCUT2D eigenvalue weighted by Gasteiger charge is 2.24. The van der Waals surface area contributed by atoms with E-state index < -0.39 is 29.3 Å². The molecule has 4 aromatic carbocycles. The predicted octanol–water partition coefficient (Wildman–Crippen LogP) is 5.03. The van der Waals surface area contributed by atoms with Crippen molar-refractivity contribution < 1.29 is 37.8 Å². The van der Waals surface area contributed by atoms with Crippen molar-refractivity contribution in [2.45, 2.75) is 6.42 Å². The van der Waals surface area contributed by atoms with Crippen molar-refractivity contribution in [2.24, 2.45) is 0 Å². The Bertz CT molecular complexity index is 1500. The first kappa shape index (κ1) is 24.2. The van der Waals surface area contributed by atoms with Crippen LogP contribution in [0.4, 0.5) is 14.5 Å². The molecule has 0 atom stereocenters. The van der Waals surface area contributed by atoms with Crippen LogP contribution in [0.5, 0.6) is 5.75 Å². The fraction of sp³-hybridized carbons (Fsp3) is 0.0370. The van der Waals surface area contributed by atoms with Crippen molar-refractivity contribution in [1.29, 1.82) is 0 Å². The van der Waals surface area contributed by atoms with Crippen molar-refractivity contribution in [3.63, 3.8) is 0 Å². The van der Waals surface area contributed by atoms with E-state index in [1.165, 1.54) is 60.7 Å². The standard InChI is InChI=1S/C27H17F2NO6/c28-16-3-1-15(2-4-16)13-22(32)19-11-12-23(36-14-31)25-20(9-10-21(24(19)25)27(34)35)26(33)30-18-7-5-17(29)6-8-18/h1-12,14H,13H2,(H,30,33)(H,34,35). The summed E-state index contributed by atoms with van der Waals surface area (Å²) in [5.41, 5.74) is 0.360. The summed E-state index contributed by atoms with van der Waals surface area (Å²) in [6.45, 7) is 0.115. The molecule has 0 saturated carbocycles. The zero-order valence-corrected chi connectivity index (χ0v) is 18.5. The average Bonchev–Trinajstić information content (AvgIpc) is 2.86.